The molecule has 0 amide bonds. The fourth-order valence-corrected chi connectivity index (χ4v) is 4.13. The van der Waals surface area contributed by atoms with Gasteiger partial charge in [0.05, 0.1) is 10.3 Å². The van der Waals surface area contributed by atoms with E-state index in [1.54, 1.807) is 26.0 Å². The summed E-state index contributed by atoms with van der Waals surface area (Å²) in [4.78, 5) is 0.0731. The van der Waals surface area contributed by atoms with Crippen LogP contribution in [0.2, 0.25) is 0 Å². The number of hydrogen-bond donors (Lipinski definition) is 2. The summed E-state index contributed by atoms with van der Waals surface area (Å²) in [5, 5.41) is 1.06. The van der Waals surface area contributed by atoms with E-state index < -0.39 is 20.0 Å². The van der Waals surface area contributed by atoms with Crippen molar-refractivity contribution in [2.75, 3.05) is 4.72 Å². The molecule has 0 bridgehead atoms. The molecule has 6 nitrogen and oxygen atoms in total. The van der Waals surface area contributed by atoms with Crippen LogP contribution in [0.25, 0.3) is 6.08 Å². The maximum Gasteiger partial charge on any atom is 0.255 e. The highest BCUT2D eigenvalue weighted by atomic mass is 32.2. The molecule has 0 heterocycles. The monoisotopic (exact) mass is 380 g/mol. The Morgan fingerprint density at radius 2 is 1.48 bits per heavy atom. The Balaban J connectivity index is 2.11. The SMILES string of the molecule is CC(C)NS(=O)(=O)c1ccc(NS(=O)(=O)/C=C/c2ccccc2)cc1. The predicted octanol–water partition coefficient (Wildman–Crippen LogP) is 2.79. The van der Waals surface area contributed by atoms with Crippen molar-refractivity contribution in [1.82, 2.24) is 4.72 Å². The van der Waals surface area contributed by atoms with Gasteiger partial charge < -0.3 is 0 Å². The minimum atomic E-state index is -3.70. The average molecular weight is 380 g/mol. The van der Waals surface area contributed by atoms with Gasteiger partial charge in [0, 0.05) is 11.7 Å². The molecule has 0 radical (unpaired) electrons. The molecule has 0 unspecified atom stereocenters. The molecular weight excluding hydrogens is 360 g/mol. The average Bonchev–Trinajstić information content (AvgIpc) is 2.53. The molecule has 0 saturated heterocycles. The van der Waals surface area contributed by atoms with Gasteiger partial charge in [0.15, 0.2) is 0 Å². The van der Waals surface area contributed by atoms with Crippen molar-refractivity contribution in [3.05, 3.63) is 65.6 Å². The zero-order valence-corrected chi connectivity index (χ0v) is 15.5. The molecule has 0 aliphatic rings. The third-order valence-electron chi connectivity index (χ3n) is 3.05. The lowest BCUT2D eigenvalue weighted by Crippen LogP contribution is -2.30. The number of rotatable bonds is 7. The molecule has 0 spiro atoms. The van der Waals surface area contributed by atoms with Crippen LogP contribution >= 0.6 is 0 Å². The summed E-state index contributed by atoms with van der Waals surface area (Å²) in [6.07, 6.45) is 1.48. The maximum atomic E-state index is 12.1. The second-order valence-electron chi connectivity index (χ2n) is 5.66. The minimum Gasteiger partial charge on any atom is -0.280 e. The molecule has 2 rings (SSSR count). The first kappa shape index (κ1) is 19.2. The highest BCUT2D eigenvalue weighted by Gasteiger charge is 2.15. The van der Waals surface area contributed by atoms with Gasteiger partial charge in [-0.25, -0.2) is 21.6 Å². The standard InChI is InChI=1S/C17H20N2O4S2/c1-14(2)18-25(22,23)17-10-8-16(9-11-17)19-24(20,21)13-12-15-6-4-3-5-7-15/h3-14,18-19H,1-2H3/b13-12+. The van der Waals surface area contributed by atoms with Gasteiger partial charge in [-0.3, -0.25) is 4.72 Å². The number of nitrogens with one attached hydrogen (secondary N) is 2. The molecule has 0 aliphatic heterocycles. The molecule has 0 aromatic heterocycles. The van der Waals surface area contributed by atoms with Gasteiger partial charge in [-0.2, -0.15) is 0 Å². The lowest BCUT2D eigenvalue weighted by molar-refractivity contribution is 0.570. The quantitative estimate of drug-likeness (QED) is 0.772. The van der Waals surface area contributed by atoms with Gasteiger partial charge in [-0.1, -0.05) is 30.3 Å². The van der Waals surface area contributed by atoms with Crippen LogP contribution in [0.15, 0.2) is 64.9 Å². The number of anilines is 1. The van der Waals surface area contributed by atoms with Crippen LogP contribution in [0, 0.1) is 0 Å². The van der Waals surface area contributed by atoms with E-state index in [0.717, 1.165) is 11.0 Å². The van der Waals surface area contributed by atoms with Crippen LogP contribution in [-0.2, 0) is 20.0 Å². The lowest BCUT2D eigenvalue weighted by Gasteiger charge is -2.10. The Bertz CT molecular complexity index is 934. The van der Waals surface area contributed by atoms with Crippen molar-refractivity contribution in [2.24, 2.45) is 0 Å². The molecule has 134 valence electrons. The summed E-state index contributed by atoms with van der Waals surface area (Å²) < 4.78 is 53.1. The van der Waals surface area contributed by atoms with E-state index in [0.29, 0.717) is 0 Å². The Hall–Kier alpha value is -2.16. The molecule has 2 aromatic rings. The molecular formula is C17H20N2O4S2. The Morgan fingerprint density at radius 1 is 0.880 bits per heavy atom. The highest BCUT2D eigenvalue weighted by molar-refractivity contribution is 7.95. The van der Waals surface area contributed by atoms with Crippen LogP contribution in [0.5, 0.6) is 0 Å². The van der Waals surface area contributed by atoms with Crippen LogP contribution in [0.4, 0.5) is 5.69 Å². The van der Waals surface area contributed by atoms with Crippen molar-refractivity contribution in [1.29, 1.82) is 0 Å². The lowest BCUT2D eigenvalue weighted by atomic mass is 10.2. The minimum absolute atomic E-state index is 0.0731. The second-order valence-corrected chi connectivity index (χ2v) is 8.94. The summed E-state index contributed by atoms with van der Waals surface area (Å²) in [5.41, 5.74) is 1.04. The third-order valence-corrected chi connectivity index (χ3v) is 5.74. The van der Waals surface area contributed by atoms with E-state index in [-0.39, 0.29) is 16.6 Å². The van der Waals surface area contributed by atoms with Gasteiger partial charge in [0.2, 0.25) is 10.0 Å². The van der Waals surface area contributed by atoms with Crippen LogP contribution < -0.4 is 9.44 Å². The van der Waals surface area contributed by atoms with Gasteiger partial charge in [0.1, 0.15) is 0 Å². The second kappa shape index (κ2) is 7.81. The van der Waals surface area contributed by atoms with E-state index in [2.05, 4.69) is 9.44 Å². The summed E-state index contributed by atoms with van der Waals surface area (Å²) in [6.45, 7) is 3.44. The highest BCUT2D eigenvalue weighted by Crippen LogP contribution is 2.16. The zero-order chi connectivity index (χ0) is 18.5. The van der Waals surface area contributed by atoms with Crippen molar-refractivity contribution in [3.8, 4) is 0 Å². The predicted molar refractivity (Wildman–Crippen MR) is 99.9 cm³/mol. The molecule has 0 aliphatic carbocycles. The van der Waals surface area contributed by atoms with Gasteiger partial charge >= 0.3 is 0 Å². The number of hydrogen-bond acceptors (Lipinski definition) is 4. The maximum absolute atomic E-state index is 12.1. The summed E-state index contributed by atoms with van der Waals surface area (Å²) >= 11 is 0. The van der Waals surface area contributed by atoms with Crippen molar-refractivity contribution in [3.63, 3.8) is 0 Å². The molecule has 0 saturated carbocycles. The van der Waals surface area contributed by atoms with E-state index in [4.69, 9.17) is 0 Å². The van der Waals surface area contributed by atoms with E-state index >= 15 is 0 Å². The first-order valence-corrected chi connectivity index (χ1v) is 10.6. The normalized spacial score (nSPS) is 12.6. The first-order valence-electron chi connectivity index (χ1n) is 7.56. The fourth-order valence-electron chi connectivity index (χ4n) is 2.01. The summed E-state index contributed by atoms with van der Waals surface area (Å²) in [5.74, 6) is 0. The fraction of sp³-hybridized carbons (Fsp3) is 0.176. The van der Waals surface area contributed by atoms with Crippen LogP contribution in [-0.4, -0.2) is 22.9 Å². The third kappa shape index (κ3) is 6.00. The topological polar surface area (TPSA) is 92.3 Å². The Morgan fingerprint density at radius 3 is 2.04 bits per heavy atom. The first-order chi connectivity index (χ1) is 11.7. The van der Waals surface area contributed by atoms with Crippen molar-refractivity contribution >= 4 is 31.8 Å². The van der Waals surface area contributed by atoms with E-state index in [9.17, 15) is 16.8 Å². The van der Waals surface area contributed by atoms with E-state index in [1.165, 1.54) is 30.3 Å². The Labute approximate surface area is 148 Å². The van der Waals surface area contributed by atoms with Gasteiger partial charge in [-0.15, -0.1) is 0 Å². The molecule has 25 heavy (non-hydrogen) atoms. The molecule has 2 aromatic carbocycles. The smallest absolute Gasteiger partial charge is 0.255 e. The van der Waals surface area contributed by atoms with Gasteiger partial charge in [0.25, 0.3) is 10.0 Å². The number of benzene rings is 2. The largest absolute Gasteiger partial charge is 0.280 e. The molecule has 8 heteroatoms. The van der Waals surface area contributed by atoms with Gasteiger partial charge in [-0.05, 0) is 49.8 Å². The molecule has 0 fully saturated rings. The Kier molecular flexibility index (Phi) is 5.99. The molecule has 2 N–H and O–H groups in total. The number of sulfonamides is 2. The van der Waals surface area contributed by atoms with Crippen LogP contribution in [0.3, 0.4) is 0 Å². The van der Waals surface area contributed by atoms with E-state index in [1.807, 2.05) is 18.2 Å². The molecule has 0 atom stereocenters. The van der Waals surface area contributed by atoms with Crippen molar-refractivity contribution < 1.29 is 16.8 Å². The van der Waals surface area contributed by atoms with Crippen LogP contribution in [0.1, 0.15) is 19.4 Å². The summed E-state index contributed by atoms with van der Waals surface area (Å²) in [7, 11) is -7.30. The zero-order valence-electron chi connectivity index (χ0n) is 13.9. The summed E-state index contributed by atoms with van der Waals surface area (Å²) in [6, 6.07) is 14.3. The van der Waals surface area contributed by atoms with Crippen molar-refractivity contribution in [2.45, 2.75) is 24.8 Å².